The predicted molar refractivity (Wildman–Crippen MR) is 73.7 cm³/mol. The Balaban J connectivity index is 2.45. The van der Waals surface area contributed by atoms with E-state index in [1.165, 1.54) is 0 Å². The largest absolute Gasteiger partial charge is 0.411 e. The fraction of sp³-hybridized carbons (Fsp3) is 0.929. The van der Waals surface area contributed by atoms with Crippen LogP contribution < -0.4 is 5.32 Å². The van der Waals surface area contributed by atoms with Crippen molar-refractivity contribution in [2.45, 2.75) is 64.3 Å². The molecular formula is C14H25F3N2O2. The van der Waals surface area contributed by atoms with E-state index >= 15 is 0 Å². The Morgan fingerprint density at radius 2 is 1.95 bits per heavy atom. The molecule has 0 aliphatic carbocycles. The van der Waals surface area contributed by atoms with Gasteiger partial charge in [0, 0.05) is 6.54 Å². The van der Waals surface area contributed by atoms with Crippen molar-refractivity contribution in [2.75, 3.05) is 19.8 Å². The van der Waals surface area contributed by atoms with Crippen molar-refractivity contribution in [3.8, 4) is 0 Å². The molecule has 1 N–H and O–H groups in total. The zero-order valence-corrected chi connectivity index (χ0v) is 12.7. The summed E-state index contributed by atoms with van der Waals surface area (Å²) >= 11 is 0. The van der Waals surface area contributed by atoms with Crippen LogP contribution in [0, 0.1) is 0 Å². The molecule has 124 valence electrons. The van der Waals surface area contributed by atoms with Crippen LogP contribution >= 0.6 is 0 Å². The predicted octanol–water partition coefficient (Wildman–Crippen LogP) is 2.68. The maximum absolute atomic E-state index is 12.3. The smallest absolute Gasteiger partial charge is 0.370 e. The van der Waals surface area contributed by atoms with E-state index in [1.807, 2.05) is 6.92 Å². The highest BCUT2D eigenvalue weighted by molar-refractivity contribution is 5.84. The second-order valence-corrected chi connectivity index (χ2v) is 5.37. The maximum Gasteiger partial charge on any atom is 0.411 e. The quantitative estimate of drug-likeness (QED) is 0.666. The lowest BCUT2D eigenvalue weighted by atomic mass is 10.1. The third kappa shape index (κ3) is 6.22. The molecule has 0 aromatic carbocycles. The number of rotatable bonds is 9. The molecule has 4 nitrogen and oxygen atoms in total. The van der Waals surface area contributed by atoms with E-state index in [0.717, 1.165) is 32.1 Å². The highest BCUT2D eigenvalue weighted by Gasteiger charge is 2.37. The van der Waals surface area contributed by atoms with Gasteiger partial charge < -0.3 is 9.64 Å². The number of nitrogens with zero attached hydrogens (tertiary/aromatic N) is 1. The SMILES string of the molecule is CCCCC1NC(CCC)N(CCOCC(F)(F)F)C1=O. The van der Waals surface area contributed by atoms with Crippen LogP contribution in [0.15, 0.2) is 0 Å². The molecule has 1 aliphatic heterocycles. The number of unbranched alkanes of at least 4 members (excludes halogenated alkanes) is 1. The second kappa shape index (κ2) is 8.58. The minimum atomic E-state index is -4.32. The number of amides is 1. The maximum atomic E-state index is 12.3. The monoisotopic (exact) mass is 310 g/mol. The summed E-state index contributed by atoms with van der Waals surface area (Å²) in [5.41, 5.74) is 0. The van der Waals surface area contributed by atoms with Gasteiger partial charge in [-0.25, -0.2) is 0 Å². The summed E-state index contributed by atoms with van der Waals surface area (Å²) in [5.74, 6) is -0.0162. The number of ether oxygens (including phenoxy) is 1. The van der Waals surface area contributed by atoms with Crippen molar-refractivity contribution in [1.82, 2.24) is 10.2 Å². The van der Waals surface area contributed by atoms with E-state index in [-0.39, 0.29) is 31.3 Å². The van der Waals surface area contributed by atoms with Gasteiger partial charge in [0.2, 0.25) is 5.91 Å². The van der Waals surface area contributed by atoms with Crippen LogP contribution in [-0.4, -0.2) is 48.9 Å². The van der Waals surface area contributed by atoms with Gasteiger partial charge in [0.15, 0.2) is 0 Å². The van der Waals surface area contributed by atoms with Crippen molar-refractivity contribution in [3.63, 3.8) is 0 Å². The topological polar surface area (TPSA) is 41.6 Å². The Bertz CT molecular complexity index is 324. The molecule has 1 aliphatic rings. The fourth-order valence-electron chi connectivity index (χ4n) is 2.49. The Labute approximate surface area is 124 Å². The zero-order chi connectivity index (χ0) is 15.9. The van der Waals surface area contributed by atoms with Crippen LogP contribution in [0.1, 0.15) is 46.0 Å². The molecule has 1 fully saturated rings. The summed E-state index contributed by atoms with van der Waals surface area (Å²) in [7, 11) is 0. The molecule has 2 unspecified atom stereocenters. The van der Waals surface area contributed by atoms with Gasteiger partial charge in [0.05, 0.1) is 18.8 Å². The van der Waals surface area contributed by atoms with Crippen molar-refractivity contribution in [2.24, 2.45) is 0 Å². The molecular weight excluding hydrogens is 285 g/mol. The number of carbonyl (C=O) groups is 1. The lowest BCUT2D eigenvalue weighted by Gasteiger charge is -2.23. The van der Waals surface area contributed by atoms with Gasteiger partial charge in [-0.3, -0.25) is 10.1 Å². The van der Waals surface area contributed by atoms with Gasteiger partial charge >= 0.3 is 6.18 Å². The van der Waals surface area contributed by atoms with E-state index in [1.54, 1.807) is 4.90 Å². The number of carbonyl (C=O) groups excluding carboxylic acids is 1. The van der Waals surface area contributed by atoms with Gasteiger partial charge in [-0.1, -0.05) is 33.1 Å². The number of halogens is 3. The van der Waals surface area contributed by atoms with Crippen LogP contribution in [0.4, 0.5) is 13.2 Å². The summed E-state index contributed by atoms with van der Waals surface area (Å²) in [5, 5.41) is 3.28. The number of alkyl halides is 3. The first-order valence-corrected chi connectivity index (χ1v) is 7.60. The Kier molecular flexibility index (Phi) is 7.45. The number of hydrogen-bond acceptors (Lipinski definition) is 3. The third-order valence-corrected chi connectivity index (χ3v) is 3.50. The average Bonchev–Trinajstić information content (AvgIpc) is 2.68. The molecule has 21 heavy (non-hydrogen) atoms. The average molecular weight is 310 g/mol. The number of nitrogens with one attached hydrogen (secondary N) is 1. The summed E-state index contributed by atoms with van der Waals surface area (Å²) in [4.78, 5) is 13.9. The molecule has 1 amide bonds. The van der Waals surface area contributed by atoms with Crippen molar-refractivity contribution < 1.29 is 22.7 Å². The summed E-state index contributed by atoms with van der Waals surface area (Å²) in [6.07, 6.45) is 0.0480. The summed E-state index contributed by atoms with van der Waals surface area (Å²) in [6.45, 7) is 2.93. The van der Waals surface area contributed by atoms with Gasteiger partial charge in [0.25, 0.3) is 0 Å². The van der Waals surface area contributed by atoms with Gasteiger partial charge in [0.1, 0.15) is 6.61 Å². The van der Waals surface area contributed by atoms with Gasteiger partial charge in [-0.2, -0.15) is 13.2 Å². The lowest BCUT2D eigenvalue weighted by Crippen LogP contribution is -2.39. The van der Waals surface area contributed by atoms with Crippen LogP contribution in [-0.2, 0) is 9.53 Å². The Morgan fingerprint density at radius 3 is 2.52 bits per heavy atom. The van der Waals surface area contributed by atoms with E-state index in [9.17, 15) is 18.0 Å². The molecule has 1 heterocycles. The molecule has 0 spiro atoms. The summed E-state index contributed by atoms with van der Waals surface area (Å²) in [6, 6.07) is -0.205. The summed E-state index contributed by atoms with van der Waals surface area (Å²) < 4.78 is 40.6. The molecule has 0 bridgehead atoms. The van der Waals surface area contributed by atoms with Crippen molar-refractivity contribution >= 4 is 5.91 Å². The molecule has 0 aromatic heterocycles. The third-order valence-electron chi connectivity index (χ3n) is 3.50. The van der Waals surface area contributed by atoms with E-state index in [4.69, 9.17) is 0 Å². The molecule has 0 aromatic rings. The Morgan fingerprint density at radius 1 is 1.24 bits per heavy atom. The second-order valence-electron chi connectivity index (χ2n) is 5.37. The minimum Gasteiger partial charge on any atom is -0.370 e. The van der Waals surface area contributed by atoms with Crippen LogP contribution in [0.3, 0.4) is 0 Å². The fourth-order valence-corrected chi connectivity index (χ4v) is 2.49. The van der Waals surface area contributed by atoms with Crippen LogP contribution in [0.25, 0.3) is 0 Å². The first-order valence-electron chi connectivity index (χ1n) is 7.60. The molecule has 7 heteroatoms. The highest BCUT2D eigenvalue weighted by atomic mass is 19.4. The normalized spacial score (nSPS) is 23.1. The zero-order valence-electron chi connectivity index (χ0n) is 12.7. The first-order chi connectivity index (χ1) is 9.89. The van der Waals surface area contributed by atoms with E-state index < -0.39 is 12.8 Å². The first kappa shape index (κ1) is 18.2. The van der Waals surface area contributed by atoms with Crippen LogP contribution in [0.2, 0.25) is 0 Å². The standard InChI is InChI=1S/C14H25F3N2O2/c1-3-5-7-11-13(20)19(12(18-11)6-4-2)8-9-21-10-14(15,16)17/h11-12,18H,3-10H2,1-2H3. The lowest BCUT2D eigenvalue weighted by molar-refractivity contribution is -0.175. The molecule has 0 radical (unpaired) electrons. The molecule has 0 saturated carbocycles. The highest BCUT2D eigenvalue weighted by Crippen LogP contribution is 2.19. The Hall–Kier alpha value is -0.820. The molecule has 2 atom stereocenters. The minimum absolute atomic E-state index is 0.0162. The van der Waals surface area contributed by atoms with E-state index in [0.29, 0.717) is 0 Å². The van der Waals surface area contributed by atoms with Crippen molar-refractivity contribution in [1.29, 1.82) is 0 Å². The van der Waals surface area contributed by atoms with E-state index in [2.05, 4.69) is 17.0 Å². The van der Waals surface area contributed by atoms with Crippen LogP contribution in [0.5, 0.6) is 0 Å². The van der Waals surface area contributed by atoms with Gasteiger partial charge in [-0.15, -0.1) is 0 Å². The molecule has 1 saturated heterocycles. The number of hydrogen-bond donors (Lipinski definition) is 1. The molecule has 1 rings (SSSR count). The van der Waals surface area contributed by atoms with Crippen molar-refractivity contribution in [3.05, 3.63) is 0 Å². The van der Waals surface area contributed by atoms with Gasteiger partial charge in [-0.05, 0) is 12.8 Å².